The molecule has 3 aromatic rings. The minimum absolute atomic E-state index is 0.0152. The summed E-state index contributed by atoms with van der Waals surface area (Å²) in [5, 5.41) is 23.3. The van der Waals surface area contributed by atoms with Crippen LogP contribution in [0, 0.1) is 0 Å². The number of nitrogens with one attached hydrogen (secondary N) is 1. The predicted molar refractivity (Wildman–Crippen MR) is 117 cm³/mol. The quantitative estimate of drug-likeness (QED) is 0.312. The number of nitrogens with zero attached hydrogens (tertiary/aromatic N) is 4. The lowest BCUT2D eigenvalue weighted by atomic mass is 10.2. The number of benzene rings is 2. The average molecular weight is 446 g/mol. The summed E-state index contributed by atoms with van der Waals surface area (Å²) >= 11 is 7.17. The average Bonchev–Trinajstić information content (AvgIpc) is 3.09. The van der Waals surface area contributed by atoms with Crippen LogP contribution >= 0.6 is 23.4 Å². The molecule has 8 nitrogen and oxygen atoms in total. The minimum Gasteiger partial charge on any atom is -0.504 e. The van der Waals surface area contributed by atoms with Crippen LogP contribution in [0.5, 0.6) is 11.5 Å². The fourth-order valence-electron chi connectivity index (χ4n) is 2.52. The van der Waals surface area contributed by atoms with Gasteiger partial charge in [-0.3, -0.25) is 4.79 Å². The summed E-state index contributed by atoms with van der Waals surface area (Å²) in [4.78, 5) is 12.1. The van der Waals surface area contributed by atoms with E-state index >= 15 is 0 Å². The number of thioether (sulfide) groups is 1. The fourth-order valence-corrected chi connectivity index (χ4v) is 3.35. The van der Waals surface area contributed by atoms with Crippen LogP contribution in [0.1, 0.15) is 12.5 Å². The Kier molecular flexibility index (Phi) is 7.31. The van der Waals surface area contributed by atoms with Crippen LogP contribution in [0.4, 0.5) is 0 Å². The number of ether oxygens (including phenoxy) is 1. The molecule has 0 unspecified atom stereocenters. The van der Waals surface area contributed by atoms with Crippen molar-refractivity contribution in [3.8, 4) is 22.9 Å². The van der Waals surface area contributed by atoms with E-state index in [0.717, 1.165) is 5.56 Å². The summed E-state index contributed by atoms with van der Waals surface area (Å²) in [5.74, 6) is 0.932. The summed E-state index contributed by atoms with van der Waals surface area (Å²) < 4.78 is 7.08. The van der Waals surface area contributed by atoms with Crippen molar-refractivity contribution in [2.45, 2.75) is 12.1 Å². The van der Waals surface area contributed by atoms with E-state index in [9.17, 15) is 9.90 Å². The highest BCUT2D eigenvalue weighted by molar-refractivity contribution is 7.99. The Morgan fingerprint density at radius 1 is 1.30 bits per heavy atom. The summed E-state index contributed by atoms with van der Waals surface area (Å²) in [5.41, 5.74) is 3.96. The Labute approximate surface area is 182 Å². The van der Waals surface area contributed by atoms with E-state index in [1.165, 1.54) is 24.0 Å². The number of aromatic nitrogens is 3. The fraction of sp³-hybridized carbons (Fsp3) is 0.200. The third-order valence-corrected chi connectivity index (χ3v) is 5.23. The van der Waals surface area contributed by atoms with E-state index in [1.807, 2.05) is 30.7 Å². The highest BCUT2D eigenvalue weighted by Crippen LogP contribution is 2.26. The van der Waals surface area contributed by atoms with Crippen molar-refractivity contribution in [2.24, 2.45) is 12.1 Å². The molecule has 0 spiro atoms. The van der Waals surface area contributed by atoms with Gasteiger partial charge in [-0.2, -0.15) is 5.10 Å². The van der Waals surface area contributed by atoms with Gasteiger partial charge >= 0.3 is 0 Å². The summed E-state index contributed by atoms with van der Waals surface area (Å²) in [7, 11) is 1.83. The van der Waals surface area contributed by atoms with Crippen LogP contribution in [0.15, 0.2) is 52.7 Å². The van der Waals surface area contributed by atoms with Crippen molar-refractivity contribution in [2.75, 3.05) is 12.4 Å². The molecule has 2 aromatic carbocycles. The first-order valence-corrected chi connectivity index (χ1v) is 10.4. The maximum absolute atomic E-state index is 12.1. The van der Waals surface area contributed by atoms with Crippen molar-refractivity contribution in [1.82, 2.24) is 20.2 Å². The SMILES string of the molecule is CCOc1ccc(C=NNC(=O)CSc2nnc(-c3ccc(Cl)cc3)n2C)cc1O. The third kappa shape index (κ3) is 5.52. The van der Waals surface area contributed by atoms with E-state index in [4.69, 9.17) is 16.3 Å². The maximum Gasteiger partial charge on any atom is 0.250 e. The molecule has 0 bridgehead atoms. The number of carbonyl (C=O) groups is 1. The molecule has 0 saturated carbocycles. The Hall–Kier alpha value is -3.04. The Morgan fingerprint density at radius 2 is 2.07 bits per heavy atom. The molecule has 3 rings (SSSR count). The van der Waals surface area contributed by atoms with E-state index in [-0.39, 0.29) is 17.4 Å². The molecular weight excluding hydrogens is 426 g/mol. The van der Waals surface area contributed by atoms with Crippen LogP contribution in [0.2, 0.25) is 5.02 Å². The highest BCUT2D eigenvalue weighted by Gasteiger charge is 2.12. The molecule has 30 heavy (non-hydrogen) atoms. The van der Waals surface area contributed by atoms with Gasteiger partial charge in [0.1, 0.15) is 0 Å². The molecule has 0 fully saturated rings. The number of amides is 1. The maximum atomic E-state index is 12.1. The second-order valence-corrected chi connectivity index (χ2v) is 7.49. The molecule has 2 N–H and O–H groups in total. The molecule has 10 heteroatoms. The van der Waals surface area contributed by atoms with Gasteiger partial charge in [0, 0.05) is 17.6 Å². The van der Waals surface area contributed by atoms with Gasteiger partial charge in [0.05, 0.1) is 18.6 Å². The Balaban J connectivity index is 1.53. The van der Waals surface area contributed by atoms with Gasteiger partial charge in [-0.25, -0.2) is 5.43 Å². The summed E-state index contributed by atoms with van der Waals surface area (Å²) in [6.07, 6.45) is 1.44. The van der Waals surface area contributed by atoms with Gasteiger partial charge in [-0.1, -0.05) is 23.4 Å². The van der Waals surface area contributed by atoms with Crippen molar-refractivity contribution >= 4 is 35.5 Å². The predicted octanol–water partition coefficient (Wildman–Crippen LogP) is 3.48. The zero-order valence-electron chi connectivity index (χ0n) is 16.4. The highest BCUT2D eigenvalue weighted by atomic mass is 35.5. The van der Waals surface area contributed by atoms with E-state index in [2.05, 4.69) is 20.7 Å². The van der Waals surface area contributed by atoms with Gasteiger partial charge in [0.25, 0.3) is 5.91 Å². The summed E-state index contributed by atoms with van der Waals surface area (Å²) in [6.45, 7) is 2.29. The number of halogens is 1. The zero-order valence-corrected chi connectivity index (χ0v) is 17.9. The van der Waals surface area contributed by atoms with Crippen molar-refractivity contribution < 1.29 is 14.6 Å². The third-order valence-electron chi connectivity index (χ3n) is 3.96. The standard InChI is InChI=1S/C20H20ClN5O3S/c1-3-29-17-9-4-13(10-16(17)27)11-22-23-18(28)12-30-20-25-24-19(26(20)2)14-5-7-15(21)8-6-14/h4-11,27H,3,12H2,1-2H3,(H,23,28). The summed E-state index contributed by atoms with van der Waals surface area (Å²) in [6, 6.07) is 12.2. The lowest BCUT2D eigenvalue weighted by molar-refractivity contribution is -0.118. The number of phenolic OH excluding ortho intramolecular Hbond substituents is 1. The lowest BCUT2D eigenvalue weighted by Crippen LogP contribution is -2.19. The Bertz CT molecular complexity index is 1050. The first-order valence-electron chi connectivity index (χ1n) is 9.03. The van der Waals surface area contributed by atoms with Crippen LogP contribution in [-0.2, 0) is 11.8 Å². The molecule has 0 saturated heterocycles. The molecule has 156 valence electrons. The first kappa shape index (κ1) is 21.7. The van der Waals surface area contributed by atoms with Gasteiger partial charge in [-0.05, 0) is 55.0 Å². The van der Waals surface area contributed by atoms with E-state index < -0.39 is 0 Å². The minimum atomic E-state index is -0.289. The van der Waals surface area contributed by atoms with Crippen LogP contribution in [0.25, 0.3) is 11.4 Å². The molecule has 0 aliphatic rings. The van der Waals surface area contributed by atoms with Crippen LogP contribution in [0.3, 0.4) is 0 Å². The molecule has 1 amide bonds. The molecule has 1 aromatic heterocycles. The number of rotatable bonds is 8. The number of hydrazone groups is 1. The van der Waals surface area contributed by atoms with E-state index in [0.29, 0.717) is 33.9 Å². The van der Waals surface area contributed by atoms with Gasteiger partial charge in [0.2, 0.25) is 0 Å². The van der Waals surface area contributed by atoms with Gasteiger partial charge in [-0.15, -0.1) is 10.2 Å². The van der Waals surface area contributed by atoms with Crippen molar-refractivity contribution in [3.05, 3.63) is 53.1 Å². The monoisotopic (exact) mass is 445 g/mol. The van der Waals surface area contributed by atoms with Crippen LogP contribution < -0.4 is 10.2 Å². The molecule has 0 radical (unpaired) electrons. The second kappa shape index (κ2) is 10.1. The number of hydrogen-bond donors (Lipinski definition) is 2. The largest absolute Gasteiger partial charge is 0.504 e. The molecule has 1 heterocycles. The lowest BCUT2D eigenvalue weighted by Gasteiger charge is -2.05. The number of carbonyl (C=O) groups excluding carboxylic acids is 1. The van der Waals surface area contributed by atoms with Crippen molar-refractivity contribution in [1.29, 1.82) is 0 Å². The van der Waals surface area contributed by atoms with Gasteiger partial charge in [0.15, 0.2) is 22.5 Å². The van der Waals surface area contributed by atoms with Crippen molar-refractivity contribution in [3.63, 3.8) is 0 Å². The first-order chi connectivity index (χ1) is 14.5. The molecule has 0 aliphatic carbocycles. The molecule has 0 atom stereocenters. The van der Waals surface area contributed by atoms with Gasteiger partial charge < -0.3 is 14.4 Å². The number of aromatic hydroxyl groups is 1. The number of hydrogen-bond acceptors (Lipinski definition) is 7. The topological polar surface area (TPSA) is 102 Å². The van der Waals surface area contributed by atoms with E-state index in [1.54, 1.807) is 24.3 Å². The molecule has 0 aliphatic heterocycles. The number of phenols is 1. The second-order valence-electron chi connectivity index (χ2n) is 6.11. The molecular formula is C20H20ClN5O3S. The van der Waals surface area contributed by atoms with Crippen LogP contribution in [-0.4, -0.2) is 44.4 Å². The Morgan fingerprint density at radius 3 is 2.77 bits per heavy atom. The normalized spacial score (nSPS) is 11.0. The zero-order chi connectivity index (χ0) is 21.5. The smallest absolute Gasteiger partial charge is 0.250 e.